The average molecular weight is 405 g/mol. The first-order valence-electron chi connectivity index (χ1n) is 9.91. The molecule has 7 nitrogen and oxygen atoms in total. The summed E-state index contributed by atoms with van der Waals surface area (Å²) < 4.78 is 7.75. The number of benzene rings is 1. The monoisotopic (exact) mass is 404 g/mol. The third-order valence-electron chi connectivity index (χ3n) is 5.03. The molecule has 0 bridgehead atoms. The van der Waals surface area contributed by atoms with Crippen LogP contribution in [0.5, 0.6) is 0 Å². The third-order valence-corrected chi connectivity index (χ3v) is 5.03. The molecule has 3 rings (SSSR count). The maximum absolute atomic E-state index is 9.46. The van der Waals surface area contributed by atoms with E-state index in [-0.39, 0.29) is 5.41 Å². The normalized spacial score (nSPS) is 12.6. The van der Waals surface area contributed by atoms with Crippen LogP contribution in [0.1, 0.15) is 55.0 Å². The van der Waals surface area contributed by atoms with E-state index in [9.17, 15) is 5.26 Å². The SMILES string of the molecule is COC(c1cc(C#N)ccc1-c1ncc(CCN)cn1)c1cc(C(C)(C)C)nn1C. The molecule has 156 valence electrons. The van der Waals surface area contributed by atoms with Gasteiger partial charge in [0.05, 0.1) is 23.0 Å². The number of rotatable bonds is 6. The van der Waals surface area contributed by atoms with Crippen LogP contribution in [0.4, 0.5) is 0 Å². The summed E-state index contributed by atoms with van der Waals surface area (Å²) in [6.45, 7) is 6.92. The Morgan fingerprint density at radius 3 is 2.43 bits per heavy atom. The van der Waals surface area contributed by atoms with Crippen molar-refractivity contribution in [1.29, 1.82) is 5.26 Å². The van der Waals surface area contributed by atoms with Crippen LogP contribution < -0.4 is 5.73 Å². The molecule has 3 aromatic rings. The summed E-state index contributed by atoms with van der Waals surface area (Å²) in [5.41, 5.74) is 10.6. The fourth-order valence-electron chi connectivity index (χ4n) is 3.34. The topological polar surface area (TPSA) is 103 Å². The molecule has 0 aliphatic heterocycles. The van der Waals surface area contributed by atoms with Gasteiger partial charge < -0.3 is 10.5 Å². The standard InChI is InChI=1S/C23H28N6O/c1-23(2,3)20-11-19(29(4)28-20)21(30-5)18-10-15(12-25)6-7-17(18)22-26-13-16(8-9-24)14-27-22/h6-7,10-11,13-14,21H,8-9,24H2,1-5H3. The third kappa shape index (κ3) is 4.40. The molecule has 7 heteroatoms. The second-order valence-corrected chi connectivity index (χ2v) is 8.31. The Labute approximate surface area is 177 Å². The lowest BCUT2D eigenvalue weighted by atomic mass is 9.91. The lowest BCUT2D eigenvalue weighted by Gasteiger charge is -2.19. The summed E-state index contributed by atoms with van der Waals surface area (Å²) in [5.74, 6) is 0.579. The molecule has 0 saturated heterocycles. The van der Waals surface area contributed by atoms with Gasteiger partial charge in [0.2, 0.25) is 0 Å². The van der Waals surface area contributed by atoms with E-state index in [0.29, 0.717) is 17.9 Å². The van der Waals surface area contributed by atoms with Gasteiger partial charge in [-0.2, -0.15) is 10.4 Å². The highest BCUT2D eigenvalue weighted by molar-refractivity contribution is 5.63. The lowest BCUT2D eigenvalue weighted by Crippen LogP contribution is -2.12. The Morgan fingerprint density at radius 2 is 1.90 bits per heavy atom. The van der Waals surface area contributed by atoms with Crippen molar-refractivity contribution in [2.75, 3.05) is 13.7 Å². The molecule has 0 aliphatic rings. The summed E-state index contributed by atoms with van der Waals surface area (Å²) in [6, 6.07) is 9.75. The van der Waals surface area contributed by atoms with Gasteiger partial charge in [-0.3, -0.25) is 4.68 Å². The molecule has 2 heterocycles. The highest BCUT2D eigenvalue weighted by atomic mass is 16.5. The maximum Gasteiger partial charge on any atom is 0.159 e. The van der Waals surface area contributed by atoms with Gasteiger partial charge in [-0.15, -0.1) is 0 Å². The van der Waals surface area contributed by atoms with Crippen molar-refractivity contribution in [3.05, 3.63) is 64.7 Å². The number of nitrogens with two attached hydrogens (primary N) is 1. The molecule has 0 saturated carbocycles. The molecule has 1 unspecified atom stereocenters. The maximum atomic E-state index is 9.46. The minimum absolute atomic E-state index is 0.0897. The Morgan fingerprint density at radius 1 is 1.20 bits per heavy atom. The van der Waals surface area contributed by atoms with Gasteiger partial charge in [0, 0.05) is 37.5 Å². The van der Waals surface area contributed by atoms with Crippen LogP contribution in [0.3, 0.4) is 0 Å². The van der Waals surface area contributed by atoms with Gasteiger partial charge in [0.1, 0.15) is 6.10 Å². The molecule has 0 fully saturated rings. The van der Waals surface area contributed by atoms with Crippen molar-refractivity contribution in [2.24, 2.45) is 12.8 Å². The second kappa shape index (κ2) is 8.74. The zero-order chi connectivity index (χ0) is 21.9. The van der Waals surface area contributed by atoms with E-state index < -0.39 is 6.10 Å². The molecular weight excluding hydrogens is 376 g/mol. The highest BCUT2D eigenvalue weighted by Gasteiger charge is 2.26. The second-order valence-electron chi connectivity index (χ2n) is 8.31. The molecule has 0 aliphatic carbocycles. The van der Waals surface area contributed by atoms with Gasteiger partial charge in [-0.05, 0) is 48.4 Å². The van der Waals surface area contributed by atoms with E-state index in [1.807, 2.05) is 23.9 Å². The van der Waals surface area contributed by atoms with E-state index in [1.165, 1.54) is 0 Å². The van der Waals surface area contributed by atoms with Crippen LogP contribution in [0, 0.1) is 11.3 Å². The van der Waals surface area contributed by atoms with E-state index in [4.69, 9.17) is 10.5 Å². The highest BCUT2D eigenvalue weighted by Crippen LogP contribution is 2.35. The summed E-state index contributed by atoms with van der Waals surface area (Å²) in [6.07, 6.45) is 3.89. The van der Waals surface area contributed by atoms with Crippen LogP contribution in [0.25, 0.3) is 11.4 Å². The molecular formula is C23H28N6O. The predicted octanol–water partition coefficient (Wildman–Crippen LogP) is 3.28. The van der Waals surface area contributed by atoms with Gasteiger partial charge in [0.25, 0.3) is 0 Å². The molecule has 0 amide bonds. The van der Waals surface area contributed by atoms with Crippen LogP contribution in [-0.4, -0.2) is 33.4 Å². The zero-order valence-electron chi connectivity index (χ0n) is 18.2. The first-order chi connectivity index (χ1) is 14.3. The van der Waals surface area contributed by atoms with Crippen molar-refractivity contribution in [3.63, 3.8) is 0 Å². The van der Waals surface area contributed by atoms with Crippen molar-refractivity contribution in [1.82, 2.24) is 19.7 Å². The fourth-order valence-corrected chi connectivity index (χ4v) is 3.34. The quantitative estimate of drug-likeness (QED) is 0.676. The lowest BCUT2D eigenvalue weighted by molar-refractivity contribution is 0.129. The Balaban J connectivity index is 2.13. The van der Waals surface area contributed by atoms with Crippen molar-refractivity contribution >= 4 is 0 Å². The number of hydrogen-bond donors (Lipinski definition) is 1. The smallest absolute Gasteiger partial charge is 0.159 e. The molecule has 30 heavy (non-hydrogen) atoms. The Kier molecular flexibility index (Phi) is 6.30. The number of methoxy groups -OCH3 is 1. The Bertz CT molecular complexity index is 1060. The zero-order valence-corrected chi connectivity index (χ0v) is 18.2. The molecule has 1 atom stereocenters. The minimum atomic E-state index is -0.422. The minimum Gasteiger partial charge on any atom is -0.370 e. The van der Waals surface area contributed by atoms with Crippen LogP contribution in [-0.2, 0) is 23.6 Å². The van der Waals surface area contributed by atoms with Gasteiger partial charge in [0.15, 0.2) is 5.82 Å². The summed E-state index contributed by atoms with van der Waals surface area (Å²) in [7, 11) is 3.56. The average Bonchev–Trinajstić information content (AvgIpc) is 3.11. The number of aromatic nitrogens is 4. The van der Waals surface area contributed by atoms with Crippen LogP contribution in [0.2, 0.25) is 0 Å². The number of aryl methyl sites for hydroxylation is 1. The molecule has 0 radical (unpaired) electrons. The molecule has 1 aromatic carbocycles. The predicted molar refractivity (Wildman–Crippen MR) is 116 cm³/mol. The summed E-state index contributed by atoms with van der Waals surface area (Å²) in [5, 5.41) is 14.1. The first-order valence-corrected chi connectivity index (χ1v) is 9.91. The fraction of sp³-hybridized carbons (Fsp3) is 0.391. The number of nitrogens with zero attached hydrogens (tertiary/aromatic N) is 5. The number of nitriles is 1. The number of hydrogen-bond acceptors (Lipinski definition) is 6. The molecule has 2 N–H and O–H groups in total. The van der Waals surface area contributed by atoms with Crippen LogP contribution in [0.15, 0.2) is 36.7 Å². The number of ether oxygens (including phenoxy) is 1. The van der Waals surface area contributed by atoms with E-state index in [2.05, 4.69) is 48.0 Å². The van der Waals surface area contributed by atoms with Gasteiger partial charge in [-0.1, -0.05) is 20.8 Å². The first kappa shape index (κ1) is 21.6. The molecule has 2 aromatic heterocycles. The Hall–Kier alpha value is -3.08. The van der Waals surface area contributed by atoms with Crippen LogP contribution >= 0.6 is 0 Å². The van der Waals surface area contributed by atoms with Gasteiger partial charge >= 0.3 is 0 Å². The van der Waals surface area contributed by atoms with Crippen molar-refractivity contribution in [2.45, 2.75) is 38.7 Å². The van der Waals surface area contributed by atoms with Crippen molar-refractivity contribution < 1.29 is 4.74 Å². The van der Waals surface area contributed by atoms with E-state index in [1.54, 1.807) is 25.6 Å². The van der Waals surface area contributed by atoms with E-state index >= 15 is 0 Å². The van der Waals surface area contributed by atoms with Crippen molar-refractivity contribution in [3.8, 4) is 17.5 Å². The summed E-state index contributed by atoms with van der Waals surface area (Å²) in [4.78, 5) is 9.07. The molecule has 0 spiro atoms. The summed E-state index contributed by atoms with van der Waals surface area (Å²) >= 11 is 0. The largest absolute Gasteiger partial charge is 0.370 e. The van der Waals surface area contributed by atoms with Gasteiger partial charge in [-0.25, -0.2) is 9.97 Å². The van der Waals surface area contributed by atoms with E-state index in [0.717, 1.165) is 34.5 Å².